The van der Waals surface area contributed by atoms with Gasteiger partial charge in [-0.25, -0.2) is 0 Å². The van der Waals surface area contributed by atoms with Crippen LogP contribution in [0, 0.1) is 11.8 Å². The standard InChI is InChI=1S/C13H27NO2/c1-10(2)7-8-14-9-11(3)12(15)16-13(4,5)6/h10-11,14H,7-9H2,1-6H3/t11-/m1/s1. The molecule has 0 unspecified atom stereocenters. The molecule has 0 aromatic heterocycles. The van der Waals surface area contributed by atoms with Crippen molar-refractivity contribution in [1.29, 1.82) is 0 Å². The van der Waals surface area contributed by atoms with E-state index in [-0.39, 0.29) is 17.5 Å². The lowest BCUT2D eigenvalue weighted by Gasteiger charge is -2.22. The van der Waals surface area contributed by atoms with E-state index in [0.29, 0.717) is 12.5 Å². The molecule has 0 aromatic carbocycles. The number of rotatable bonds is 6. The van der Waals surface area contributed by atoms with Gasteiger partial charge in [0.15, 0.2) is 0 Å². The Morgan fingerprint density at radius 2 is 1.81 bits per heavy atom. The molecule has 0 radical (unpaired) electrons. The highest BCUT2D eigenvalue weighted by molar-refractivity contribution is 5.72. The summed E-state index contributed by atoms with van der Waals surface area (Å²) in [5.74, 6) is 0.500. The van der Waals surface area contributed by atoms with E-state index in [0.717, 1.165) is 13.0 Å². The Morgan fingerprint density at radius 1 is 1.25 bits per heavy atom. The summed E-state index contributed by atoms with van der Waals surface area (Å²) in [4.78, 5) is 11.6. The van der Waals surface area contributed by atoms with Gasteiger partial charge in [-0.2, -0.15) is 0 Å². The van der Waals surface area contributed by atoms with E-state index in [1.807, 2.05) is 27.7 Å². The van der Waals surface area contributed by atoms with Crippen LogP contribution in [0.5, 0.6) is 0 Å². The second-order valence-electron chi connectivity index (χ2n) is 5.82. The number of carbonyl (C=O) groups excluding carboxylic acids is 1. The van der Waals surface area contributed by atoms with Gasteiger partial charge in [0.2, 0.25) is 0 Å². The molecule has 3 nitrogen and oxygen atoms in total. The van der Waals surface area contributed by atoms with Crippen LogP contribution in [-0.2, 0) is 9.53 Å². The zero-order valence-corrected chi connectivity index (χ0v) is 11.6. The van der Waals surface area contributed by atoms with Gasteiger partial charge in [0, 0.05) is 6.54 Å². The van der Waals surface area contributed by atoms with E-state index >= 15 is 0 Å². The summed E-state index contributed by atoms with van der Waals surface area (Å²) < 4.78 is 5.30. The third-order valence-electron chi connectivity index (χ3n) is 2.16. The molecule has 0 heterocycles. The summed E-state index contributed by atoms with van der Waals surface area (Å²) in [5.41, 5.74) is -0.386. The third kappa shape index (κ3) is 8.72. The van der Waals surface area contributed by atoms with E-state index in [9.17, 15) is 4.79 Å². The summed E-state index contributed by atoms with van der Waals surface area (Å²) >= 11 is 0. The Kier molecular flexibility index (Phi) is 6.65. The Morgan fingerprint density at radius 3 is 2.25 bits per heavy atom. The summed E-state index contributed by atoms with van der Waals surface area (Å²) in [6.07, 6.45) is 1.14. The lowest BCUT2D eigenvalue weighted by atomic mass is 10.1. The summed E-state index contributed by atoms with van der Waals surface area (Å²) in [6, 6.07) is 0. The molecule has 3 heteroatoms. The van der Waals surface area contributed by atoms with E-state index < -0.39 is 0 Å². The smallest absolute Gasteiger partial charge is 0.310 e. The van der Waals surface area contributed by atoms with Gasteiger partial charge in [-0.3, -0.25) is 4.79 Å². The van der Waals surface area contributed by atoms with Crippen LogP contribution in [0.4, 0.5) is 0 Å². The van der Waals surface area contributed by atoms with Gasteiger partial charge in [-0.1, -0.05) is 20.8 Å². The number of ether oxygens (including phenoxy) is 1. The minimum atomic E-state index is -0.386. The maximum Gasteiger partial charge on any atom is 0.310 e. The average Bonchev–Trinajstić information content (AvgIpc) is 2.08. The van der Waals surface area contributed by atoms with Gasteiger partial charge in [0.25, 0.3) is 0 Å². The first-order valence-electron chi connectivity index (χ1n) is 6.16. The molecule has 96 valence electrons. The van der Waals surface area contributed by atoms with Crippen molar-refractivity contribution in [1.82, 2.24) is 5.32 Å². The van der Waals surface area contributed by atoms with Crippen LogP contribution < -0.4 is 5.32 Å². The summed E-state index contributed by atoms with van der Waals surface area (Å²) in [6.45, 7) is 13.6. The largest absolute Gasteiger partial charge is 0.460 e. The van der Waals surface area contributed by atoms with Crippen LogP contribution >= 0.6 is 0 Å². The van der Waals surface area contributed by atoms with Crippen molar-refractivity contribution < 1.29 is 9.53 Å². The number of nitrogens with one attached hydrogen (secondary N) is 1. The molecule has 0 bridgehead atoms. The third-order valence-corrected chi connectivity index (χ3v) is 2.16. The van der Waals surface area contributed by atoms with Crippen molar-refractivity contribution in [2.75, 3.05) is 13.1 Å². The van der Waals surface area contributed by atoms with Gasteiger partial charge >= 0.3 is 5.97 Å². The Hall–Kier alpha value is -0.570. The SMILES string of the molecule is CC(C)CCNC[C@@H](C)C(=O)OC(C)(C)C. The van der Waals surface area contributed by atoms with Crippen LogP contribution in [0.3, 0.4) is 0 Å². The first-order chi connectivity index (χ1) is 7.22. The second kappa shape index (κ2) is 6.89. The van der Waals surface area contributed by atoms with Crippen molar-refractivity contribution in [3.8, 4) is 0 Å². The van der Waals surface area contributed by atoms with Gasteiger partial charge in [0.1, 0.15) is 5.60 Å². The van der Waals surface area contributed by atoms with Crippen molar-refractivity contribution in [2.45, 2.75) is 53.6 Å². The van der Waals surface area contributed by atoms with Gasteiger partial charge < -0.3 is 10.1 Å². The van der Waals surface area contributed by atoms with Crippen molar-refractivity contribution in [3.63, 3.8) is 0 Å². The van der Waals surface area contributed by atoms with E-state index in [1.165, 1.54) is 0 Å². The zero-order valence-electron chi connectivity index (χ0n) is 11.6. The molecule has 0 spiro atoms. The molecule has 0 saturated heterocycles. The molecule has 0 saturated carbocycles. The number of carbonyl (C=O) groups is 1. The van der Waals surface area contributed by atoms with Gasteiger partial charge in [0.05, 0.1) is 5.92 Å². The Bertz CT molecular complexity index is 206. The van der Waals surface area contributed by atoms with Crippen LogP contribution in [0.25, 0.3) is 0 Å². The van der Waals surface area contributed by atoms with Crippen LogP contribution in [-0.4, -0.2) is 24.7 Å². The second-order valence-corrected chi connectivity index (χ2v) is 5.82. The molecule has 0 amide bonds. The first kappa shape index (κ1) is 15.4. The molecule has 0 fully saturated rings. The number of esters is 1. The highest BCUT2D eigenvalue weighted by atomic mass is 16.6. The maximum atomic E-state index is 11.6. The average molecular weight is 229 g/mol. The van der Waals surface area contributed by atoms with Crippen molar-refractivity contribution in [2.24, 2.45) is 11.8 Å². The van der Waals surface area contributed by atoms with Crippen LogP contribution in [0.1, 0.15) is 48.0 Å². The van der Waals surface area contributed by atoms with E-state index in [4.69, 9.17) is 4.74 Å². The fourth-order valence-electron chi connectivity index (χ4n) is 1.20. The molecule has 0 aromatic rings. The highest BCUT2D eigenvalue weighted by Gasteiger charge is 2.21. The highest BCUT2D eigenvalue weighted by Crippen LogP contribution is 2.10. The van der Waals surface area contributed by atoms with Crippen LogP contribution in [0.15, 0.2) is 0 Å². The lowest BCUT2D eigenvalue weighted by Crippen LogP contribution is -2.33. The normalized spacial score (nSPS) is 13.9. The minimum Gasteiger partial charge on any atom is -0.460 e. The summed E-state index contributed by atoms with van der Waals surface area (Å²) in [7, 11) is 0. The van der Waals surface area contributed by atoms with Crippen molar-refractivity contribution in [3.05, 3.63) is 0 Å². The Balaban J connectivity index is 3.72. The molecule has 1 atom stereocenters. The van der Waals surface area contributed by atoms with E-state index in [2.05, 4.69) is 19.2 Å². The zero-order chi connectivity index (χ0) is 12.8. The molecule has 0 aliphatic carbocycles. The number of hydrogen-bond donors (Lipinski definition) is 1. The predicted octanol–water partition coefficient (Wildman–Crippen LogP) is 2.60. The number of hydrogen-bond acceptors (Lipinski definition) is 3. The van der Waals surface area contributed by atoms with Gasteiger partial charge in [-0.15, -0.1) is 0 Å². The predicted molar refractivity (Wildman–Crippen MR) is 67.3 cm³/mol. The first-order valence-corrected chi connectivity index (χ1v) is 6.16. The molecular weight excluding hydrogens is 202 g/mol. The lowest BCUT2D eigenvalue weighted by molar-refractivity contribution is -0.159. The molecule has 0 aliphatic heterocycles. The molecular formula is C13H27NO2. The van der Waals surface area contributed by atoms with Crippen LogP contribution in [0.2, 0.25) is 0 Å². The molecule has 0 aliphatic rings. The summed E-state index contributed by atoms with van der Waals surface area (Å²) in [5, 5.41) is 3.28. The monoisotopic (exact) mass is 229 g/mol. The molecule has 1 N–H and O–H groups in total. The van der Waals surface area contributed by atoms with Crippen molar-refractivity contribution >= 4 is 5.97 Å². The van der Waals surface area contributed by atoms with Gasteiger partial charge in [-0.05, 0) is 39.7 Å². The minimum absolute atomic E-state index is 0.0774. The Labute approximate surface area is 99.9 Å². The maximum absolute atomic E-state index is 11.6. The quantitative estimate of drug-likeness (QED) is 0.562. The fourth-order valence-corrected chi connectivity index (χ4v) is 1.20. The van der Waals surface area contributed by atoms with E-state index in [1.54, 1.807) is 0 Å². The molecule has 0 rings (SSSR count). The topological polar surface area (TPSA) is 38.3 Å². The fraction of sp³-hybridized carbons (Fsp3) is 0.923. The molecule has 16 heavy (non-hydrogen) atoms.